The fourth-order valence-corrected chi connectivity index (χ4v) is 4.68. The Balaban J connectivity index is 2.31. The number of hydrogen-bond donors (Lipinski definition) is 2. The number of thiophene rings is 1. The van der Waals surface area contributed by atoms with Crippen molar-refractivity contribution in [3.05, 3.63) is 17.0 Å². The minimum Gasteiger partial charge on any atom is -0.313 e. The van der Waals surface area contributed by atoms with Gasteiger partial charge in [-0.15, -0.1) is 11.3 Å². The van der Waals surface area contributed by atoms with E-state index in [1.165, 1.54) is 29.9 Å². The van der Waals surface area contributed by atoms with Gasteiger partial charge in [0.2, 0.25) is 10.0 Å². The molecule has 1 heterocycles. The van der Waals surface area contributed by atoms with Gasteiger partial charge >= 0.3 is 0 Å². The second kappa shape index (κ2) is 10.6. The van der Waals surface area contributed by atoms with Crippen LogP contribution in [0.1, 0.15) is 38.2 Å². The summed E-state index contributed by atoms with van der Waals surface area (Å²) in [5.41, 5.74) is 1.03. The maximum Gasteiger partial charge on any atom is 0.250 e. The lowest BCUT2D eigenvalue weighted by Crippen LogP contribution is -2.24. The highest BCUT2D eigenvalue weighted by atomic mass is 32.2. The topological polar surface area (TPSA) is 58.2 Å². The van der Waals surface area contributed by atoms with Crippen molar-refractivity contribution in [1.29, 1.82) is 0 Å². The predicted octanol–water partition coefficient (Wildman–Crippen LogP) is 3.06. The average molecular weight is 351 g/mol. The Labute approximate surface area is 137 Å². The molecule has 1 aromatic heterocycles. The number of rotatable bonds is 12. The van der Waals surface area contributed by atoms with Crippen LogP contribution >= 0.6 is 23.1 Å². The minimum absolute atomic E-state index is 0.415. The summed E-state index contributed by atoms with van der Waals surface area (Å²) < 4.78 is 27.4. The maximum absolute atomic E-state index is 12.1. The van der Waals surface area contributed by atoms with Crippen molar-refractivity contribution in [2.24, 2.45) is 0 Å². The largest absolute Gasteiger partial charge is 0.313 e. The Morgan fingerprint density at radius 1 is 1.24 bits per heavy atom. The van der Waals surface area contributed by atoms with E-state index in [9.17, 15) is 8.42 Å². The molecular weight excluding hydrogens is 324 g/mol. The van der Waals surface area contributed by atoms with Crippen molar-refractivity contribution in [1.82, 2.24) is 10.0 Å². The monoisotopic (exact) mass is 350 g/mol. The quantitative estimate of drug-likeness (QED) is 0.569. The van der Waals surface area contributed by atoms with Crippen LogP contribution in [0.2, 0.25) is 0 Å². The van der Waals surface area contributed by atoms with E-state index < -0.39 is 10.0 Å². The summed E-state index contributed by atoms with van der Waals surface area (Å²) in [6, 6.07) is 1.76. The fourth-order valence-electron chi connectivity index (χ4n) is 1.86. The third-order valence-corrected chi connectivity index (χ3v) is 6.69. The van der Waals surface area contributed by atoms with Crippen LogP contribution in [-0.4, -0.2) is 33.5 Å². The van der Waals surface area contributed by atoms with Gasteiger partial charge in [0.05, 0.1) is 0 Å². The van der Waals surface area contributed by atoms with Gasteiger partial charge in [-0.2, -0.15) is 11.8 Å². The molecule has 0 amide bonds. The van der Waals surface area contributed by atoms with Crippen molar-refractivity contribution in [2.75, 3.05) is 25.1 Å². The number of nitrogens with one attached hydrogen (secondary N) is 2. The number of thioether (sulfide) groups is 1. The average Bonchev–Trinajstić information content (AvgIpc) is 2.94. The van der Waals surface area contributed by atoms with E-state index in [-0.39, 0.29) is 0 Å². The predicted molar refractivity (Wildman–Crippen MR) is 93.7 cm³/mol. The Bertz CT molecular complexity index is 486. The van der Waals surface area contributed by atoms with Gasteiger partial charge in [0.25, 0.3) is 0 Å². The third-order valence-electron chi connectivity index (χ3n) is 3.04. The van der Waals surface area contributed by atoms with Crippen molar-refractivity contribution >= 4 is 33.1 Å². The molecule has 0 unspecified atom stereocenters. The minimum atomic E-state index is -3.33. The molecule has 1 aromatic rings. The van der Waals surface area contributed by atoms with E-state index in [0.29, 0.717) is 10.8 Å². The van der Waals surface area contributed by atoms with Crippen molar-refractivity contribution in [2.45, 2.75) is 43.4 Å². The van der Waals surface area contributed by atoms with Gasteiger partial charge in [0, 0.05) is 13.1 Å². The van der Waals surface area contributed by atoms with E-state index in [1.807, 2.05) is 24.1 Å². The summed E-state index contributed by atoms with van der Waals surface area (Å²) >= 11 is 3.15. The van der Waals surface area contributed by atoms with Crippen LogP contribution in [0.3, 0.4) is 0 Å². The zero-order valence-electron chi connectivity index (χ0n) is 12.9. The maximum atomic E-state index is 12.1. The molecule has 4 nitrogen and oxygen atoms in total. The second-order valence-corrected chi connectivity index (χ2v) is 8.75. The normalized spacial score (nSPS) is 11.9. The first-order chi connectivity index (χ1) is 10.1. The zero-order chi connectivity index (χ0) is 15.6. The molecule has 0 fully saturated rings. The molecule has 1 rings (SSSR count). The molecule has 122 valence electrons. The zero-order valence-corrected chi connectivity index (χ0v) is 15.3. The first-order valence-electron chi connectivity index (χ1n) is 7.37. The summed E-state index contributed by atoms with van der Waals surface area (Å²) in [5.74, 6) is 1.19. The van der Waals surface area contributed by atoms with Crippen LogP contribution in [0.5, 0.6) is 0 Å². The first-order valence-corrected chi connectivity index (χ1v) is 11.1. The molecule has 0 aromatic carbocycles. The van der Waals surface area contributed by atoms with E-state index in [4.69, 9.17) is 0 Å². The van der Waals surface area contributed by atoms with Gasteiger partial charge in [-0.25, -0.2) is 13.1 Å². The van der Waals surface area contributed by atoms with Crippen LogP contribution in [0.15, 0.2) is 15.7 Å². The van der Waals surface area contributed by atoms with Crippen molar-refractivity contribution in [3.63, 3.8) is 0 Å². The molecule has 0 radical (unpaired) electrons. The molecule has 0 saturated carbocycles. The van der Waals surface area contributed by atoms with E-state index in [0.717, 1.165) is 31.5 Å². The SMILES string of the molecule is CCNCc1csc(S(=O)(=O)NCCCCCCSC)c1. The Morgan fingerprint density at radius 2 is 2.00 bits per heavy atom. The van der Waals surface area contributed by atoms with E-state index in [1.54, 1.807) is 6.07 Å². The lowest BCUT2D eigenvalue weighted by atomic mass is 10.2. The highest BCUT2D eigenvalue weighted by Crippen LogP contribution is 2.20. The Kier molecular flexibility index (Phi) is 9.59. The molecule has 2 N–H and O–H groups in total. The fraction of sp³-hybridized carbons (Fsp3) is 0.714. The lowest BCUT2D eigenvalue weighted by molar-refractivity contribution is 0.575. The van der Waals surface area contributed by atoms with Gasteiger partial charge in [-0.3, -0.25) is 0 Å². The standard InChI is InChI=1S/C14H26N2O2S3/c1-3-15-11-13-10-14(20-12-13)21(17,18)16-8-6-4-5-7-9-19-2/h10,12,15-16H,3-9,11H2,1-2H3. The lowest BCUT2D eigenvalue weighted by Gasteiger charge is -2.04. The highest BCUT2D eigenvalue weighted by molar-refractivity contribution is 7.98. The van der Waals surface area contributed by atoms with E-state index >= 15 is 0 Å². The van der Waals surface area contributed by atoms with Crippen LogP contribution in [-0.2, 0) is 16.6 Å². The van der Waals surface area contributed by atoms with Gasteiger partial charge in [0.15, 0.2) is 0 Å². The second-order valence-electron chi connectivity index (χ2n) is 4.86. The molecule has 0 aliphatic heterocycles. The highest BCUT2D eigenvalue weighted by Gasteiger charge is 2.15. The van der Waals surface area contributed by atoms with E-state index in [2.05, 4.69) is 16.3 Å². The smallest absolute Gasteiger partial charge is 0.250 e. The molecular formula is C14H26N2O2S3. The van der Waals surface area contributed by atoms with Gasteiger partial charge in [-0.1, -0.05) is 19.8 Å². The third kappa shape index (κ3) is 7.65. The molecule has 0 atom stereocenters. The molecule has 0 bridgehead atoms. The molecule has 0 aliphatic carbocycles. The first kappa shape index (κ1) is 19.0. The summed E-state index contributed by atoms with van der Waals surface area (Å²) in [4.78, 5) is 0. The van der Waals surface area contributed by atoms with Gasteiger partial charge in [0.1, 0.15) is 4.21 Å². The molecule has 7 heteroatoms. The van der Waals surface area contributed by atoms with Crippen LogP contribution in [0, 0.1) is 0 Å². The van der Waals surface area contributed by atoms with Gasteiger partial charge in [-0.05, 0) is 48.4 Å². The van der Waals surface area contributed by atoms with Crippen LogP contribution in [0.25, 0.3) is 0 Å². The Hall–Kier alpha value is -0.0800. The van der Waals surface area contributed by atoms with Crippen molar-refractivity contribution in [3.8, 4) is 0 Å². The van der Waals surface area contributed by atoms with Gasteiger partial charge < -0.3 is 5.32 Å². The Morgan fingerprint density at radius 3 is 2.71 bits per heavy atom. The number of hydrogen-bond acceptors (Lipinski definition) is 5. The number of unbranched alkanes of at least 4 members (excludes halogenated alkanes) is 3. The van der Waals surface area contributed by atoms with Crippen LogP contribution in [0.4, 0.5) is 0 Å². The molecule has 0 spiro atoms. The summed E-state index contributed by atoms with van der Waals surface area (Å²) in [7, 11) is -3.33. The number of sulfonamides is 1. The molecule has 21 heavy (non-hydrogen) atoms. The summed E-state index contributed by atoms with van der Waals surface area (Å²) in [5, 5.41) is 5.10. The van der Waals surface area contributed by atoms with Crippen LogP contribution < -0.4 is 10.0 Å². The summed E-state index contributed by atoms with van der Waals surface area (Å²) in [6.07, 6.45) is 6.49. The molecule has 0 aliphatic rings. The van der Waals surface area contributed by atoms with Crippen molar-refractivity contribution < 1.29 is 8.42 Å². The summed E-state index contributed by atoms with van der Waals surface area (Å²) in [6.45, 7) is 4.16. The molecule has 0 saturated heterocycles.